The molecule has 2 heterocycles. The Morgan fingerprint density at radius 2 is 0.750 bits per heavy atom. The lowest BCUT2D eigenvalue weighted by atomic mass is 10.0. The zero-order chi connectivity index (χ0) is 31.8. The second kappa shape index (κ2) is 10.2. The van der Waals surface area contributed by atoms with Gasteiger partial charge in [0, 0.05) is 56.4 Å². The summed E-state index contributed by atoms with van der Waals surface area (Å²) in [5, 5.41) is 9.16. The Labute approximate surface area is 275 Å². The van der Waals surface area contributed by atoms with E-state index in [0.29, 0.717) is 0 Å². The average molecular weight is 617 g/mol. The zero-order valence-corrected chi connectivity index (χ0v) is 25.9. The van der Waals surface area contributed by atoms with Gasteiger partial charge >= 0.3 is 0 Å². The highest BCUT2D eigenvalue weighted by atomic mass is 16.3. The van der Waals surface area contributed by atoms with Crippen LogP contribution in [0.3, 0.4) is 0 Å². The average Bonchev–Trinajstić information content (AvgIpc) is 3.66. The van der Waals surface area contributed by atoms with Crippen LogP contribution in [-0.2, 0) is 0 Å². The van der Waals surface area contributed by atoms with Gasteiger partial charge in [-0.25, -0.2) is 0 Å². The first-order valence-electron chi connectivity index (χ1n) is 16.1. The Kier molecular flexibility index (Phi) is 5.69. The van der Waals surface area contributed by atoms with Crippen LogP contribution in [0.1, 0.15) is 0 Å². The number of nitrogen functional groups attached to an aromatic ring is 1. The molecule has 0 bridgehead atoms. The molecule has 226 valence electrons. The van der Waals surface area contributed by atoms with Gasteiger partial charge in [0.15, 0.2) is 0 Å². The lowest BCUT2D eigenvalue weighted by Crippen LogP contribution is -2.09. The van der Waals surface area contributed by atoms with E-state index >= 15 is 0 Å². The van der Waals surface area contributed by atoms with Crippen molar-refractivity contribution in [2.75, 3.05) is 10.6 Å². The second-order valence-electron chi connectivity index (χ2n) is 12.5. The molecular formula is C44H28N2O2. The van der Waals surface area contributed by atoms with E-state index in [2.05, 4.69) is 150 Å². The maximum absolute atomic E-state index is 6.50. The molecule has 0 spiro atoms. The highest BCUT2D eigenvalue weighted by Crippen LogP contribution is 2.42. The normalized spacial score (nSPS) is 11.8. The van der Waals surface area contributed by atoms with Gasteiger partial charge in [-0.3, -0.25) is 0 Å². The number of fused-ring (bicyclic) bond motifs is 8. The Hall–Kier alpha value is -6.52. The van der Waals surface area contributed by atoms with E-state index in [-0.39, 0.29) is 0 Å². The lowest BCUT2D eigenvalue weighted by Gasteiger charge is -2.25. The SMILES string of the molecule is Nc1ccc(-c2ccc(N(c3ccc4c(c3)oc3cc5ccccc5cc34)c3ccc4c(c3)oc3cc5ccccc5cc34)cc2)cc1. The highest BCUT2D eigenvalue weighted by molar-refractivity contribution is 6.12. The minimum atomic E-state index is 0.754. The van der Waals surface area contributed by atoms with E-state index in [4.69, 9.17) is 14.6 Å². The number of rotatable bonds is 4. The molecule has 0 fully saturated rings. The molecule has 10 aromatic rings. The summed E-state index contributed by atoms with van der Waals surface area (Å²) in [5.41, 5.74) is 15.4. The Morgan fingerprint density at radius 1 is 0.354 bits per heavy atom. The Balaban J connectivity index is 1.14. The van der Waals surface area contributed by atoms with E-state index in [0.717, 1.165) is 77.8 Å². The van der Waals surface area contributed by atoms with Crippen LogP contribution < -0.4 is 10.6 Å². The van der Waals surface area contributed by atoms with Crippen molar-refractivity contribution in [3.63, 3.8) is 0 Å². The molecular weight excluding hydrogens is 588 g/mol. The van der Waals surface area contributed by atoms with Crippen molar-refractivity contribution < 1.29 is 8.83 Å². The molecule has 4 nitrogen and oxygen atoms in total. The third-order valence-corrected chi connectivity index (χ3v) is 9.53. The standard InChI is InChI=1S/C44H28N2O2/c45-33-13-9-27(10-14-33)28-11-15-34(16-12-28)46(35-17-19-37-39-21-29-5-1-3-7-31(29)23-41(39)47-43(37)25-35)36-18-20-38-40-22-30-6-2-4-8-32(30)24-42(40)48-44(38)26-36/h1-26H,45H2. The Morgan fingerprint density at radius 3 is 1.23 bits per heavy atom. The summed E-state index contributed by atoms with van der Waals surface area (Å²) in [7, 11) is 0. The van der Waals surface area contributed by atoms with Crippen LogP contribution in [0.4, 0.5) is 22.7 Å². The fraction of sp³-hybridized carbons (Fsp3) is 0. The van der Waals surface area contributed by atoms with Gasteiger partial charge in [-0.15, -0.1) is 0 Å². The molecule has 2 N–H and O–H groups in total. The fourth-order valence-electron chi connectivity index (χ4n) is 7.11. The molecule has 0 amide bonds. The third-order valence-electron chi connectivity index (χ3n) is 9.53. The van der Waals surface area contributed by atoms with Crippen molar-refractivity contribution in [2.24, 2.45) is 0 Å². The van der Waals surface area contributed by atoms with Crippen molar-refractivity contribution >= 4 is 88.2 Å². The number of nitrogens with zero attached hydrogens (tertiary/aromatic N) is 1. The van der Waals surface area contributed by atoms with Crippen LogP contribution >= 0.6 is 0 Å². The van der Waals surface area contributed by atoms with Gasteiger partial charge in [0.2, 0.25) is 0 Å². The molecule has 4 heteroatoms. The molecule has 0 unspecified atom stereocenters. The topological polar surface area (TPSA) is 55.5 Å². The van der Waals surface area contributed by atoms with Gasteiger partial charge in [0.25, 0.3) is 0 Å². The first-order chi connectivity index (χ1) is 23.6. The predicted octanol–water partition coefficient (Wildman–Crippen LogP) is 12.5. The van der Waals surface area contributed by atoms with Crippen molar-refractivity contribution in [1.82, 2.24) is 0 Å². The van der Waals surface area contributed by atoms with Crippen LogP contribution in [0.25, 0.3) is 76.5 Å². The maximum atomic E-state index is 6.50. The van der Waals surface area contributed by atoms with Crippen molar-refractivity contribution in [3.8, 4) is 11.1 Å². The van der Waals surface area contributed by atoms with E-state index in [1.807, 2.05) is 12.1 Å². The van der Waals surface area contributed by atoms with Crippen LogP contribution in [0.2, 0.25) is 0 Å². The monoisotopic (exact) mass is 616 g/mol. The number of furan rings is 2. The van der Waals surface area contributed by atoms with Crippen molar-refractivity contribution in [3.05, 3.63) is 158 Å². The molecule has 0 aliphatic heterocycles. The summed E-state index contributed by atoms with van der Waals surface area (Å²) >= 11 is 0. The smallest absolute Gasteiger partial charge is 0.137 e. The molecule has 48 heavy (non-hydrogen) atoms. The van der Waals surface area contributed by atoms with Gasteiger partial charge in [-0.2, -0.15) is 0 Å². The number of hydrogen-bond donors (Lipinski definition) is 1. The first kappa shape index (κ1) is 26.7. The molecule has 0 radical (unpaired) electrons. The molecule has 2 aromatic heterocycles. The molecule has 0 aliphatic rings. The summed E-state index contributed by atoms with van der Waals surface area (Å²) in [6, 6.07) is 55.2. The molecule has 10 rings (SSSR count). The Bertz CT molecular complexity index is 2690. The van der Waals surface area contributed by atoms with Gasteiger partial charge < -0.3 is 19.5 Å². The third kappa shape index (κ3) is 4.24. The molecule has 0 aliphatic carbocycles. The van der Waals surface area contributed by atoms with Gasteiger partial charge in [-0.05, 0) is 105 Å². The molecule has 0 saturated heterocycles. The van der Waals surface area contributed by atoms with Crippen LogP contribution in [0.5, 0.6) is 0 Å². The molecule has 0 saturated carbocycles. The second-order valence-corrected chi connectivity index (χ2v) is 12.5. The van der Waals surface area contributed by atoms with Gasteiger partial charge in [0.1, 0.15) is 22.3 Å². The number of nitrogens with two attached hydrogens (primary N) is 1. The summed E-state index contributed by atoms with van der Waals surface area (Å²) in [6.45, 7) is 0. The van der Waals surface area contributed by atoms with E-state index in [1.54, 1.807) is 0 Å². The first-order valence-corrected chi connectivity index (χ1v) is 16.1. The number of benzene rings is 8. The summed E-state index contributed by atoms with van der Waals surface area (Å²) in [5.74, 6) is 0. The van der Waals surface area contributed by atoms with Crippen LogP contribution in [-0.4, -0.2) is 0 Å². The van der Waals surface area contributed by atoms with Gasteiger partial charge in [-0.1, -0.05) is 72.8 Å². The predicted molar refractivity (Wildman–Crippen MR) is 201 cm³/mol. The number of anilines is 4. The fourth-order valence-corrected chi connectivity index (χ4v) is 7.11. The number of hydrogen-bond acceptors (Lipinski definition) is 4. The van der Waals surface area contributed by atoms with Crippen molar-refractivity contribution in [2.45, 2.75) is 0 Å². The largest absolute Gasteiger partial charge is 0.456 e. The van der Waals surface area contributed by atoms with E-state index in [1.165, 1.54) is 21.5 Å². The lowest BCUT2D eigenvalue weighted by molar-refractivity contribution is 0.669. The minimum Gasteiger partial charge on any atom is -0.456 e. The maximum Gasteiger partial charge on any atom is 0.137 e. The van der Waals surface area contributed by atoms with Crippen LogP contribution in [0.15, 0.2) is 167 Å². The van der Waals surface area contributed by atoms with E-state index in [9.17, 15) is 0 Å². The summed E-state index contributed by atoms with van der Waals surface area (Å²) in [6.07, 6.45) is 0. The van der Waals surface area contributed by atoms with Gasteiger partial charge in [0.05, 0.1) is 0 Å². The summed E-state index contributed by atoms with van der Waals surface area (Å²) in [4.78, 5) is 2.26. The highest BCUT2D eigenvalue weighted by Gasteiger charge is 2.18. The zero-order valence-electron chi connectivity index (χ0n) is 25.9. The molecule has 8 aromatic carbocycles. The van der Waals surface area contributed by atoms with Crippen LogP contribution in [0, 0.1) is 0 Å². The van der Waals surface area contributed by atoms with E-state index < -0.39 is 0 Å². The molecule has 0 atom stereocenters. The minimum absolute atomic E-state index is 0.754. The summed E-state index contributed by atoms with van der Waals surface area (Å²) < 4.78 is 13.0. The van der Waals surface area contributed by atoms with Crippen molar-refractivity contribution in [1.29, 1.82) is 0 Å². The quantitative estimate of drug-likeness (QED) is 0.200.